The van der Waals surface area contributed by atoms with Gasteiger partial charge < -0.3 is 16.2 Å². The van der Waals surface area contributed by atoms with Gasteiger partial charge in [-0.05, 0) is 27.8 Å². The molecule has 0 aromatic carbocycles. The molecule has 92 valence electrons. The summed E-state index contributed by atoms with van der Waals surface area (Å²) in [5, 5.41) is 0. The zero-order chi connectivity index (χ0) is 12.3. The van der Waals surface area contributed by atoms with Crippen molar-refractivity contribution in [1.29, 1.82) is 0 Å². The van der Waals surface area contributed by atoms with Crippen molar-refractivity contribution in [1.82, 2.24) is 0 Å². The van der Waals surface area contributed by atoms with Crippen molar-refractivity contribution in [2.24, 2.45) is 11.5 Å². The lowest BCUT2D eigenvalue weighted by Crippen LogP contribution is -2.27. The molecule has 0 heterocycles. The summed E-state index contributed by atoms with van der Waals surface area (Å²) < 4.78 is 4.58. The topological polar surface area (TPSA) is 78.3 Å². The Morgan fingerprint density at radius 1 is 1.00 bits per heavy atom. The largest absolute Gasteiger partial charge is 0.444 e. The SMILES string of the molecule is C1CCCC1.CC(C)(C)OC(N)=O.CN. The monoisotopic (exact) mass is 218 g/mol. The van der Waals surface area contributed by atoms with Crippen molar-refractivity contribution in [2.75, 3.05) is 7.05 Å². The summed E-state index contributed by atoms with van der Waals surface area (Å²) in [4.78, 5) is 10.0. The molecule has 0 unspecified atom stereocenters. The fourth-order valence-corrected chi connectivity index (χ4v) is 1.19. The van der Waals surface area contributed by atoms with Gasteiger partial charge in [-0.15, -0.1) is 0 Å². The Balaban J connectivity index is 0. The third kappa shape index (κ3) is 19.6. The van der Waals surface area contributed by atoms with E-state index in [1.165, 1.54) is 39.2 Å². The summed E-state index contributed by atoms with van der Waals surface area (Å²) in [6, 6.07) is 0. The first-order chi connectivity index (χ1) is 6.92. The van der Waals surface area contributed by atoms with Crippen LogP contribution in [0.25, 0.3) is 0 Å². The minimum absolute atomic E-state index is 0.453. The van der Waals surface area contributed by atoms with E-state index in [0.29, 0.717) is 0 Å². The number of carbonyl (C=O) groups is 1. The van der Waals surface area contributed by atoms with Crippen LogP contribution in [-0.2, 0) is 4.74 Å². The molecule has 1 saturated carbocycles. The molecule has 0 aromatic rings. The predicted molar refractivity (Wildman–Crippen MR) is 63.6 cm³/mol. The first kappa shape index (κ1) is 16.7. The minimum Gasteiger partial charge on any atom is -0.444 e. The van der Waals surface area contributed by atoms with E-state index in [4.69, 9.17) is 5.73 Å². The number of hydrogen-bond acceptors (Lipinski definition) is 3. The van der Waals surface area contributed by atoms with Crippen LogP contribution in [0.2, 0.25) is 0 Å². The fraction of sp³-hybridized carbons (Fsp3) is 0.909. The molecule has 0 saturated heterocycles. The number of ether oxygens (including phenoxy) is 1. The molecular formula is C11H26N2O2. The summed E-state index contributed by atoms with van der Waals surface area (Å²) in [6.07, 6.45) is 6.78. The maximum atomic E-state index is 10.0. The van der Waals surface area contributed by atoms with E-state index >= 15 is 0 Å². The molecule has 1 aliphatic carbocycles. The molecular weight excluding hydrogens is 192 g/mol. The lowest BCUT2D eigenvalue weighted by Gasteiger charge is -2.16. The summed E-state index contributed by atoms with van der Waals surface area (Å²) in [5.74, 6) is 0. The number of amides is 1. The highest BCUT2D eigenvalue weighted by Crippen LogP contribution is 2.15. The summed E-state index contributed by atoms with van der Waals surface area (Å²) in [6.45, 7) is 5.28. The second-order valence-corrected chi connectivity index (χ2v) is 4.30. The zero-order valence-corrected chi connectivity index (χ0v) is 10.5. The second kappa shape index (κ2) is 9.77. The Kier molecular flexibility index (Phi) is 10.8. The highest BCUT2D eigenvalue weighted by atomic mass is 16.6. The Morgan fingerprint density at radius 2 is 1.27 bits per heavy atom. The van der Waals surface area contributed by atoms with E-state index in [1.807, 2.05) is 0 Å². The van der Waals surface area contributed by atoms with Gasteiger partial charge in [-0.2, -0.15) is 0 Å². The molecule has 1 amide bonds. The maximum absolute atomic E-state index is 10.0. The third-order valence-corrected chi connectivity index (χ3v) is 1.66. The number of hydrogen-bond donors (Lipinski definition) is 2. The molecule has 0 aliphatic heterocycles. The molecule has 1 rings (SSSR count). The molecule has 4 N–H and O–H groups in total. The van der Waals surface area contributed by atoms with Crippen molar-refractivity contribution in [3.8, 4) is 0 Å². The van der Waals surface area contributed by atoms with E-state index in [9.17, 15) is 4.79 Å². The van der Waals surface area contributed by atoms with Gasteiger partial charge in [0.05, 0.1) is 0 Å². The van der Waals surface area contributed by atoms with Gasteiger partial charge in [0, 0.05) is 0 Å². The number of nitrogens with two attached hydrogens (primary N) is 2. The van der Waals surface area contributed by atoms with Crippen LogP contribution in [0.5, 0.6) is 0 Å². The second-order valence-electron chi connectivity index (χ2n) is 4.30. The molecule has 4 heteroatoms. The molecule has 1 aliphatic rings. The Morgan fingerprint density at radius 3 is 1.33 bits per heavy atom. The minimum atomic E-state index is -0.725. The van der Waals surface area contributed by atoms with Crippen LogP contribution in [0.4, 0.5) is 4.79 Å². The van der Waals surface area contributed by atoms with E-state index < -0.39 is 11.7 Å². The van der Waals surface area contributed by atoms with Crippen LogP contribution in [0.1, 0.15) is 52.9 Å². The average molecular weight is 218 g/mol. The number of primary amides is 1. The number of carbonyl (C=O) groups excluding carboxylic acids is 1. The van der Waals surface area contributed by atoms with E-state index in [1.54, 1.807) is 20.8 Å². The van der Waals surface area contributed by atoms with Gasteiger partial charge in [-0.1, -0.05) is 32.1 Å². The molecule has 0 bridgehead atoms. The van der Waals surface area contributed by atoms with Gasteiger partial charge >= 0.3 is 6.09 Å². The highest BCUT2D eigenvalue weighted by molar-refractivity contribution is 5.65. The maximum Gasteiger partial charge on any atom is 0.405 e. The summed E-state index contributed by atoms with van der Waals surface area (Å²) in [7, 11) is 1.50. The van der Waals surface area contributed by atoms with E-state index in [-0.39, 0.29) is 0 Å². The molecule has 4 nitrogen and oxygen atoms in total. The first-order valence-electron chi connectivity index (χ1n) is 5.48. The predicted octanol–water partition coefficient (Wildman–Crippen LogP) is 2.41. The Labute approximate surface area is 93.3 Å². The third-order valence-electron chi connectivity index (χ3n) is 1.66. The number of rotatable bonds is 0. The Bertz CT molecular complexity index is 142. The lowest BCUT2D eigenvalue weighted by atomic mass is 10.2. The average Bonchev–Trinajstić information content (AvgIpc) is 2.59. The van der Waals surface area contributed by atoms with Gasteiger partial charge in [0.15, 0.2) is 0 Å². The van der Waals surface area contributed by atoms with Gasteiger partial charge in [0.2, 0.25) is 0 Å². The molecule has 0 atom stereocenters. The lowest BCUT2D eigenvalue weighted by molar-refractivity contribution is 0.0600. The van der Waals surface area contributed by atoms with E-state index in [0.717, 1.165) is 0 Å². The molecule has 0 radical (unpaired) electrons. The van der Waals surface area contributed by atoms with Gasteiger partial charge in [0.25, 0.3) is 0 Å². The quantitative estimate of drug-likeness (QED) is 0.655. The molecule has 1 fully saturated rings. The highest BCUT2D eigenvalue weighted by Gasteiger charge is 2.12. The molecule has 0 spiro atoms. The van der Waals surface area contributed by atoms with Crippen LogP contribution >= 0.6 is 0 Å². The van der Waals surface area contributed by atoms with Crippen molar-refractivity contribution in [3.05, 3.63) is 0 Å². The van der Waals surface area contributed by atoms with Crippen LogP contribution in [-0.4, -0.2) is 18.7 Å². The Hall–Kier alpha value is -0.770. The van der Waals surface area contributed by atoms with E-state index in [2.05, 4.69) is 10.5 Å². The zero-order valence-electron chi connectivity index (χ0n) is 10.5. The van der Waals surface area contributed by atoms with Gasteiger partial charge in [-0.25, -0.2) is 4.79 Å². The van der Waals surface area contributed by atoms with Crippen LogP contribution < -0.4 is 11.5 Å². The van der Waals surface area contributed by atoms with Crippen molar-refractivity contribution < 1.29 is 9.53 Å². The van der Waals surface area contributed by atoms with Gasteiger partial charge in [0.1, 0.15) is 5.60 Å². The molecule has 15 heavy (non-hydrogen) atoms. The smallest absolute Gasteiger partial charge is 0.405 e. The van der Waals surface area contributed by atoms with Crippen LogP contribution in [0.3, 0.4) is 0 Å². The first-order valence-corrected chi connectivity index (χ1v) is 5.48. The summed E-state index contributed by atoms with van der Waals surface area (Å²) >= 11 is 0. The molecule has 0 aromatic heterocycles. The van der Waals surface area contributed by atoms with Crippen LogP contribution in [0.15, 0.2) is 0 Å². The standard InChI is InChI=1S/C5H11NO2.C5H10.CH5N/c1-5(2,3)8-4(6)7;1-2-4-5-3-1;1-2/h1-3H3,(H2,6,7);1-5H2;2H2,1H3. The summed E-state index contributed by atoms with van der Waals surface area (Å²) in [5.41, 5.74) is 8.76. The van der Waals surface area contributed by atoms with Gasteiger partial charge in [-0.3, -0.25) is 0 Å². The van der Waals surface area contributed by atoms with Crippen molar-refractivity contribution >= 4 is 6.09 Å². The normalized spacial score (nSPS) is 14.2. The van der Waals surface area contributed by atoms with Crippen molar-refractivity contribution in [3.63, 3.8) is 0 Å². The van der Waals surface area contributed by atoms with Crippen molar-refractivity contribution in [2.45, 2.75) is 58.5 Å². The fourth-order valence-electron chi connectivity index (χ4n) is 1.19. The van der Waals surface area contributed by atoms with Crippen LogP contribution in [0, 0.1) is 0 Å².